The van der Waals surface area contributed by atoms with Gasteiger partial charge in [-0.1, -0.05) is 6.07 Å². The van der Waals surface area contributed by atoms with Crippen LogP contribution in [0.2, 0.25) is 0 Å². The molecular formula is C12H16Hf. The summed E-state index contributed by atoms with van der Waals surface area (Å²) in [6.45, 7) is 0. The Bertz CT molecular complexity index is 279. The summed E-state index contributed by atoms with van der Waals surface area (Å²) in [5, 5.41) is 2.66. The first-order chi connectivity index (χ1) is 4.47. The van der Waals surface area contributed by atoms with Crippen molar-refractivity contribution in [3.05, 3.63) is 64.7 Å². The molecule has 0 bridgehead atoms. The third-order valence-corrected chi connectivity index (χ3v) is 1.55. The maximum Gasteiger partial charge on any atom is 4.00 e. The van der Waals surface area contributed by atoms with E-state index in [1.165, 1.54) is 10.8 Å². The molecule has 0 aliphatic carbocycles. The van der Waals surface area contributed by atoms with Crippen LogP contribution in [-0.4, -0.2) is 0 Å². The average Bonchev–Trinajstić information content (AvgIpc) is 2.33. The standard InChI is InChI=1S/C9H7.3CH3.Hf/c1-2-5-9-7-3-6-8(9)4-1;;;;/h1-7H;3*1H3;/q4*-1;+4. The first-order valence-electron chi connectivity index (χ1n) is 3.07. The van der Waals surface area contributed by atoms with Crippen LogP contribution < -0.4 is 0 Å². The minimum atomic E-state index is 0. The van der Waals surface area contributed by atoms with E-state index in [4.69, 9.17) is 0 Å². The van der Waals surface area contributed by atoms with Gasteiger partial charge in [0.25, 0.3) is 0 Å². The van der Waals surface area contributed by atoms with Crippen LogP contribution in [0.25, 0.3) is 10.8 Å². The number of benzene rings is 1. The van der Waals surface area contributed by atoms with E-state index in [0.29, 0.717) is 0 Å². The first kappa shape index (κ1) is 18.5. The van der Waals surface area contributed by atoms with Crippen LogP contribution >= 0.6 is 0 Å². The fraction of sp³-hybridized carbons (Fsp3) is 0. The van der Waals surface area contributed by atoms with Gasteiger partial charge in [-0.25, -0.2) is 0 Å². The Kier molecular flexibility index (Phi) is 11.8. The zero-order valence-corrected chi connectivity index (χ0v) is 12.1. The van der Waals surface area contributed by atoms with Crippen LogP contribution in [0.15, 0.2) is 42.5 Å². The third kappa shape index (κ3) is 3.95. The van der Waals surface area contributed by atoms with Gasteiger partial charge in [0.1, 0.15) is 0 Å². The van der Waals surface area contributed by atoms with Crippen molar-refractivity contribution in [2.24, 2.45) is 0 Å². The summed E-state index contributed by atoms with van der Waals surface area (Å²) in [5.74, 6) is 0. The van der Waals surface area contributed by atoms with Gasteiger partial charge in [-0.05, 0) is 0 Å². The second-order valence-electron chi connectivity index (χ2n) is 2.15. The molecule has 13 heavy (non-hydrogen) atoms. The van der Waals surface area contributed by atoms with Crippen molar-refractivity contribution in [2.45, 2.75) is 0 Å². The van der Waals surface area contributed by atoms with Crippen LogP contribution in [0.5, 0.6) is 0 Å². The van der Waals surface area contributed by atoms with Gasteiger partial charge in [0, 0.05) is 0 Å². The number of hydrogen-bond donors (Lipinski definition) is 0. The molecule has 0 saturated heterocycles. The van der Waals surface area contributed by atoms with Gasteiger partial charge in [-0.15, -0.1) is 29.7 Å². The molecule has 0 aliphatic heterocycles. The summed E-state index contributed by atoms with van der Waals surface area (Å²) >= 11 is 0. The van der Waals surface area contributed by atoms with E-state index in [0.717, 1.165) is 0 Å². The van der Waals surface area contributed by atoms with Crippen molar-refractivity contribution >= 4 is 10.8 Å². The van der Waals surface area contributed by atoms with Crippen molar-refractivity contribution in [2.75, 3.05) is 0 Å². The Morgan fingerprint density at radius 2 is 1.46 bits per heavy atom. The molecular weight excluding hydrogens is 323 g/mol. The predicted octanol–water partition coefficient (Wildman–Crippen LogP) is 3.91. The van der Waals surface area contributed by atoms with Crippen LogP contribution in [0.4, 0.5) is 0 Å². The molecule has 68 valence electrons. The van der Waals surface area contributed by atoms with Crippen LogP contribution in [0, 0.1) is 22.3 Å². The third-order valence-electron chi connectivity index (χ3n) is 1.55. The second-order valence-corrected chi connectivity index (χ2v) is 2.15. The summed E-state index contributed by atoms with van der Waals surface area (Å²) in [6.07, 6.45) is 0. The molecule has 0 spiro atoms. The van der Waals surface area contributed by atoms with Gasteiger partial charge < -0.3 is 22.3 Å². The maximum atomic E-state index is 2.12. The maximum absolute atomic E-state index is 2.12. The molecule has 0 saturated carbocycles. The number of hydrogen-bond acceptors (Lipinski definition) is 0. The van der Waals surface area contributed by atoms with Gasteiger partial charge >= 0.3 is 25.8 Å². The summed E-state index contributed by atoms with van der Waals surface area (Å²) in [7, 11) is 0. The summed E-state index contributed by atoms with van der Waals surface area (Å²) in [4.78, 5) is 0. The van der Waals surface area contributed by atoms with Gasteiger partial charge in [-0.3, -0.25) is 0 Å². The summed E-state index contributed by atoms with van der Waals surface area (Å²) in [6, 6.07) is 14.7. The van der Waals surface area contributed by atoms with Crippen molar-refractivity contribution in [1.29, 1.82) is 0 Å². The van der Waals surface area contributed by atoms with Gasteiger partial charge in [0.05, 0.1) is 0 Å². The largest absolute Gasteiger partial charge is 4.00 e. The number of rotatable bonds is 0. The van der Waals surface area contributed by atoms with E-state index in [-0.39, 0.29) is 48.1 Å². The molecule has 2 aromatic carbocycles. The monoisotopic (exact) mass is 340 g/mol. The van der Waals surface area contributed by atoms with Crippen molar-refractivity contribution < 1.29 is 25.8 Å². The smallest absolute Gasteiger partial charge is 0.358 e. The van der Waals surface area contributed by atoms with Crippen LogP contribution in [-0.2, 0) is 25.8 Å². The molecule has 0 amide bonds. The van der Waals surface area contributed by atoms with Crippen molar-refractivity contribution in [3.8, 4) is 0 Å². The van der Waals surface area contributed by atoms with Gasteiger partial charge in [-0.2, -0.15) is 17.5 Å². The Morgan fingerprint density at radius 1 is 0.846 bits per heavy atom. The minimum Gasteiger partial charge on any atom is -0.358 e. The fourth-order valence-corrected chi connectivity index (χ4v) is 1.07. The Labute approximate surface area is 101 Å². The fourth-order valence-electron chi connectivity index (χ4n) is 1.07. The van der Waals surface area contributed by atoms with E-state index < -0.39 is 0 Å². The molecule has 2 aromatic rings. The summed E-state index contributed by atoms with van der Waals surface area (Å²) in [5.41, 5.74) is 0. The van der Waals surface area contributed by atoms with E-state index in [1.54, 1.807) is 0 Å². The second kappa shape index (κ2) is 8.31. The topological polar surface area (TPSA) is 0 Å². The molecule has 0 aliphatic rings. The number of fused-ring (bicyclic) bond motifs is 1. The molecule has 0 radical (unpaired) electrons. The molecule has 0 unspecified atom stereocenters. The molecule has 0 N–H and O–H groups in total. The molecule has 0 atom stereocenters. The van der Waals surface area contributed by atoms with Crippen LogP contribution in [0.3, 0.4) is 0 Å². The SMILES string of the molecule is [CH3-].[CH3-].[CH3-].[Hf+4].c1ccc2[cH-]ccc2c1. The zero-order valence-electron chi connectivity index (χ0n) is 8.54. The summed E-state index contributed by atoms with van der Waals surface area (Å²) < 4.78 is 0. The van der Waals surface area contributed by atoms with Crippen LogP contribution in [0.1, 0.15) is 0 Å². The molecule has 1 heteroatoms. The molecule has 0 heterocycles. The normalized spacial score (nSPS) is 7.08. The first-order valence-corrected chi connectivity index (χ1v) is 3.07. The van der Waals surface area contributed by atoms with E-state index >= 15 is 0 Å². The predicted molar refractivity (Wildman–Crippen MR) is 58.8 cm³/mol. The molecule has 0 fully saturated rings. The molecule has 2 rings (SSSR count). The van der Waals surface area contributed by atoms with Gasteiger partial charge in [0.2, 0.25) is 0 Å². The minimum absolute atomic E-state index is 0. The average molecular weight is 339 g/mol. The zero-order chi connectivity index (χ0) is 6.10. The molecule has 0 aromatic heterocycles. The quantitative estimate of drug-likeness (QED) is 0.505. The van der Waals surface area contributed by atoms with Crippen molar-refractivity contribution in [1.82, 2.24) is 0 Å². The Hall–Kier alpha value is -0.300. The Balaban J connectivity index is -0.000000250. The van der Waals surface area contributed by atoms with Crippen molar-refractivity contribution in [3.63, 3.8) is 0 Å². The molecule has 0 nitrogen and oxygen atoms in total. The van der Waals surface area contributed by atoms with Gasteiger partial charge in [0.15, 0.2) is 0 Å². The van der Waals surface area contributed by atoms with E-state index in [2.05, 4.69) is 42.5 Å². The van der Waals surface area contributed by atoms with E-state index in [9.17, 15) is 0 Å². The Morgan fingerprint density at radius 3 is 2.08 bits per heavy atom. The van der Waals surface area contributed by atoms with E-state index in [1.807, 2.05) is 0 Å².